The molecule has 0 fully saturated rings. The molecule has 0 N–H and O–H groups in total. The van der Waals surface area contributed by atoms with E-state index in [2.05, 4.69) is 26.6 Å². The second-order valence-electron chi connectivity index (χ2n) is 0. The normalized spacial score (nSPS) is 0.667. The fourth-order valence-corrected chi connectivity index (χ4v) is 0. The maximum Gasteiger partial charge on any atom is 0 e. The molecule has 0 rings (SSSR count). The topological polar surface area (TPSA) is 79.6 Å². The van der Waals surface area contributed by atoms with Crippen molar-refractivity contribution >= 4 is 0 Å². The number of halogens is 2. The van der Waals surface area contributed by atoms with Crippen molar-refractivity contribution in [2.75, 3.05) is 0 Å². The van der Waals surface area contributed by atoms with E-state index in [-0.39, 0.29) is 63.8 Å². The molecule has 0 aromatic rings. The number of rotatable bonds is 0. The predicted octanol–water partition coefficient (Wildman–Crippen LogP) is -6.15. The summed E-state index contributed by atoms with van der Waals surface area (Å²) < 4.78 is 30.0. The Morgan fingerprint density at radius 3 is 0.417 bits per heavy atom. The Bertz CT molecular complexity index is 66.0. The largest absolute Gasteiger partial charge is 1.00 e. The molecule has 0 amide bonds. The third kappa shape index (κ3) is 1670. The van der Waals surface area contributed by atoms with Gasteiger partial charge in [0.05, 0.1) is 0 Å². The van der Waals surface area contributed by atoms with Crippen molar-refractivity contribution in [3.8, 4) is 0 Å². The molecule has 0 aromatic carbocycles. The Hall–Kier alpha value is 0.787. The van der Waals surface area contributed by atoms with Crippen molar-refractivity contribution in [2.45, 2.75) is 0 Å². The molecule has 2 radical (unpaired) electrons. The SMILES string of the molecule is [C-]#[O+].[C-]#[O+].[C-]#[O+].[C-]#[O+].[Cl-].[Cl-].[Rh].[Rh]. The van der Waals surface area contributed by atoms with Gasteiger partial charge < -0.3 is 24.8 Å². The molecule has 0 aliphatic heterocycles. The monoisotopic (exact) mass is 388 g/mol. The number of hydrogen-bond donors (Lipinski definition) is 0. The van der Waals surface area contributed by atoms with Crippen LogP contribution in [-0.4, -0.2) is 0 Å². The van der Waals surface area contributed by atoms with Gasteiger partial charge in [0.15, 0.2) is 0 Å². The van der Waals surface area contributed by atoms with Crippen LogP contribution in [0.4, 0.5) is 0 Å². The maximum atomic E-state index is 7.50. The van der Waals surface area contributed by atoms with Crippen LogP contribution in [0.2, 0.25) is 0 Å². The molecule has 0 saturated carbocycles. The third-order valence-corrected chi connectivity index (χ3v) is 0. The average Bonchev–Trinajstić information content (AvgIpc) is 2.03. The first-order valence-electron chi connectivity index (χ1n) is 0.816. The minimum absolute atomic E-state index is 0. The van der Waals surface area contributed by atoms with Crippen LogP contribution >= 0.6 is 0 Å². The van der Waals surface area contributed by atoms with Crippen LogP contribution < -0.4 is 24.8 Å². The van der Waals surface area contributed by atoms with Crippen molar-refractivity contribution < 1.29 is 82.4 Å². The molecule has 0 aromatic heterocycles. The van der Waals surface area contributed by atoms with Crippen molar-refractivity contribution in [2.24, 2.45) is 0 Å². The molecule has 4 nitrogen and oxygen atoms in total. The van der Waals surface area contributed by atoms with E-state index >= 15 is 0 Å². The molecular weight excluding hydrogens is 389 g/mol. The summed E-state index contributed by atoms with van der Waals surface area (Å²) in [5.41, 5.74) is 0. The second kappa shape index (κ2) is 2220. The fourth-order valence-electron chi connectivity index (χ4n) is 0. The zero-order chi connectivity index (χ0) is 8.00. The van der Waals surface area contributed by atoms with Crippen LogP contribution in [0, 0.1) is 26.6 Å². The molecule has 0 atom stereocenters. The van der Waals surface area contributed by atoms with Crippen LogP contribution in [-0.2, 0) is 57.6 Å². The van der Waals surface area contributed by atoms with E-state index in [4.69, 9.17) is 18.6 Å². The number of hydrogen-bond acceptors (Lipinski definition) is 0. The Morgan fingerprint density at radius 2 is 0.417 bits per heavy atom. The molecule has 0 unspecified atom stereocenters. The van der Waals surface area contributed by atoms with Gasteiger partial charge in [0.2, 0.25) is 0 Å². The first-order chi connectivity index (χ1) is 4.00. The Balaban J connectivity index is -0.00000000267. The van der Waals surface area contributed by atoms with Gasteiger partial charge in [-0.25, -0.2) is 0 Å². The average molecular weight is 389 g/mol. The van der Waals surface area contributed by atoms with Gasteiger partial charge in [0.1, 0.15) is 0 Å². The van der Waals surface area contributed by atoms with Crippen molar-refractivity contribution in [3.05, 3.63) is 26.6 Å². The van der Waals surface area contributed by atoms with E-state index in [1.54, 1.807) is 0 Å². The molecule has 0 aliphatic carbocycles. The van der Waals surface area contributed by atoms with E-state index in [1.807, 2.05) is 0 Å². The second-order valence-corrected chi connectivity index (χ2v) is 0. The molecular formula is C4Cl2O4Rh2-2. The Morgan fingerprint density at radius 1 is 0.417 bits per heavy atom. The minimum atomic E-state index is 0. The smallest absolute Gasteiger partial charge is 0 e. The quantitative estimate of drug-likeness (QED) is 0.225. The summed E-state index contributed by atoms with van der Waals surface area (Å²) in [5, 5.41) is 0. The molecule has 12 heavy (non-hydrogen) atoms. The van der Waals surface area contributed by atoms with Gasteiger partial charge in [-0.1, -0.05) is 0 Å². The summed E-state index contributed by atoms with van der Waals surface area (Å²) in [6, 6.07) is 0. The summed E-state index contributed by atoms with van der Waals surface area (Å²) in [5.74, 6) is 0. The van der Waals surface area contributed by atoms with Gasteiger partial charge >= 0.3 is 45.2 Å². The van der Waals surface area contributed by atoms with Gasteiger partial charge in [-0.05, 0) is 0 Å². The molecule has 0 spiro atoms. The Labute approximate surface area is 108 Å². The van der Waals surface area contributed by atoms with E-state index < -0.39 is 0 Å². The van der Waals surface area contributed by atoms with E-state index in [0.29, 0.717) is 0 Å². The van der Waals surface area contributed by atoms with Crippen LogP contribution in [0.25, 0.3) is 0 Å². The van der Waals surface area contributed by atoms with Gasteiger partial charge in [0, 0.05) is 39.0 Å². The molecule has 0 saturated heterocycles. The summed E-state index contributed by atoms with van der Waals surface area (Å²) in [6.45, 7) is 18.0. The van der Waals surface area contributed by atoms with Gasteiger partial charge in [-0.15, -0.1) is 0 Å². The van der Waals surface area contributed by atoms with Crippen molar-refractivity contribution in [1.29, 1.82) is 0 Å². The van der Waals surface area contributed by atoms with Crippen molar-refractivity contribution in [3.63, 3.8) is 0 Å². The zero-order valence-corrected chi connectivity index (χ0v) is 9.84. The van der Waals surface area contributed by atoms with Crippen LogP contribution in [0.3, 0.4) is 0 Å². The third-order valence-electron chi connectivity index (χ3n) is 0. The summed E-state index contributed by atoms with van der Waals surface area (Å²) in [4.78, 5) is 0. The predicted molar refractivity (Wildman–Crippen MR) is 15.7 cm³/mol. The molecule has 74 valence electrons. The van der Waals surface area contributed by atoms with E-state index in [9.17, 15) is 0 Å². The summed E-state index contributed by atoms with van der Waals surface area (Å²) in [7, 11) is 0. The first-order valence-corrected chi connectivity index (χ1v) is 0.816. The first kappa shape index (κ1) is 77.5. The standard InChI is InChI=1S/4CO.2ClH.2Rh/c4*1-2;;;;/h;;;;2*1H;;/p-2. The summed E-state index contributed by atoms with van der Waals surface area (Å²) in [6.07, 6.45) is 0. The maximum absolute atomic E-state index is 7.50. The molecule has 8 heteroatoms. The van der Waals surface area contributed by atoms with E-state index in [1.165, 1.54) is 0 Å². The molecule has 0 bridgehead atoms. The van der Waals surface area contributed by atoms with Gasteiger partial charge in [0.25, 0.3) is 0 Å². The zero-order valence-electron chi connectivity index (χ0n) is 5.06. The van der Waals surface area contributed by atoms with Crippen LogP contribution in [0.1, 0.15) is 0 Å². The molecule has 0 aliphatic rings. The van der Waals surface area contributed by atoms with Crippen LogP contribution in [0.5, 0.6) is 0 Å². The van der Waals surface area contributed by atoms with Gasteiger partial charge in [-0.2, -0.15) is 0 Å². The van der Waals surface area contributed by atoms with E-state index in [0.717, 1.165) is 0 Å². The fraction of sp³-hybridized carbons (Fsp3) is 0. The minimum Gasteiger partial charge on any atom is -1.00 e. The van der Waals surface area contributed by atoms with Gasteiger partial charge in [-0.3, -0.25) is 0 Å². The Kier molecular flexibility index (Phi) is 14300. The summed E-state index contributed by atoms with van der Waals surface area (Å²) >= 11 is 0. The molecule has 0 heterocycles. The van der Waals surface area contributed by atoms with Crippen molar-refractivity contribution in [1.82, 2.24) is 0 Å². The van der Waals surface area contributed by atoms with Crippen LogP contribution in [0.15, 0.2) is 0 Å².